The van der Waals surface area contributed by atoms with Crippen LogP contribution in [0.25, 0.3) is 0 Å². The molecule has 0 saturated heterocycles. The molecule has 0 bridgehead atoms. The highest BCUT2D eigenvalue weighted by molar-refractivity contribution is 5.29. The van der Waals surface area contributed by atoms with Gasteiger partial charge in [-0.15, -0.1) is 0 Å². The van der Waals surface area contributed by atoms with Crippen LogP contribution in [0.4, 0.5) is 0 Å². The van der Waals surface area contributed by atoms with Crippen molar-refractivity contribution in [1.29, 1.82) is 0 Å². The van der Waals surface area contributed by atoms with Gasteiger partial charge in [0.05, 0.1) is 24.9 Å². The topological polar surface area (TPSA) is 27.7 Å². The number of hydrogen-bond acceptors (Lipinski definition) is 3. The molecule has 10 atom stereocenters. The van der Waals surface area contributed by atoms with Crippen LogP contribution in [0.5, 0.6) is 0 Å². The molecule has 4 fully saturated rings. The smallest absolute Gasteiger partial charge is 0.0911 e. The van der Waals surface area contributed by atoms with E-state index in [1.807, 2.05) is 19.8 Å². The summed E-state index contributed by atoms with van der Waals surface area (Å²) in [5.74, 6) is 2.84. The molecule has 3 nitrogen and oxygen atoms in total. The van der Waals surface area contributed by atoms with Crippen molar-refractivity contribution in [3.8, 4) is 0 Å². The Morgan fingerprint density at radius 2 is 1.54 bits per heavy atom. The highest BCUT2D eigenvalue weighted by atomic mass is 16.5. The average Bonchev–Trinajstić information content (AvgIpc) is 2.82. The Kier molecular flexibility index (Phi) is 7.11. The van der Waals surface area contributed by atoms with E-state index in [9.17, 15) is 0 Å². The van der Waals surface area contributed by atoms with Crippen molar-refractivity contribution in [2.24, 2.45) is 50.7 Å². The van der Waals surface area contributed by atoms with Crippen LogP contribution in [-0.4, -0.2) is 39.1 Å². The van der Waals surface area contributed by atoms with Crippen LogP contribution in [0, 0.1) is 50.7 Å². The van der Waals surface area contributed by atoms with Crippen molar-refractivity contribution in [2.75, 3.05) is 20.8 Å². The molecule has 0 radical (unpaired) electrons. The summed E-state index contributed by atoms with van der Waals surface area (Å²) in [6, 6.07) is 0. The minimum Gasteiger partial charge on any atom is -0.379 e. The molecule has 0 amide bonds. The van der Waals surface area contributed by atoms with Gasteiger partial charge in [0.2, 0.25) is 0 Å². The fourth-order valence-electron chi connectivity index (χ4n) is 11.3. The fourth-order valence-corrected chi connectivity index (χ4v) is 11.3. The summed E-state index contributed by atoms with van der Waals surface area (Å²) in [5, 5.41) is 0. The lowest BCUT2D eigenvalue weighted by molar-refractivity contribution is -0.250. The SMILES string of the molecule is COC1CC2(C)C3CC=C4C5CC(C)(C)CCC5(C)CCC4C3(C)CCC2C(C)(COC(C)C)C1OC. The maximum absolute atomic E-state index is 6.39. The first-order chi connectivity index (χ1) is 17.2. The molecule has 5 aliphatic rings. The zero-order valence-corrected chi connectivity index (χ0v) is 25.9. The first-order valence-corrected chi connectivity index (χ1v) is 15.6. The van der Waals surface area contributed by atoms with E-state index < -0.39 is 0 Å². The molecule has 0 N–H and O–H groups in total. The predicted octanol–water partition coefficient (Wildman–Crippen LogP) is 8.46. The van der Waals surface area contributed by atoms with Crippen LogP contribution in [0.3, 0.4) is 0 Å². The second-order valence-electron chi connectivity index (χ2n) is 16.3. The van der Waals surface area contributed by atoms with Crippen molar-refractivity contribution >= 4 is 0 Å². The Morgan fingerprint density at radius 3 is 2.19 bits per heavy atom. The van der Waals surface area contributed by atoms with E-state index in [0.29, 0.717) is 28.1 Å². The highest BCUT2D eigenvalue weighted by Crippen LogP contribution is 2.72. The van der Waals surface area contributed by atoms with Crippen molar-refractivity contribution in [1.82, 2.24) is 0 Å². The quantitative estimate of drug-likeness (QED) is 0.344. The summed E-state index contributed by atoms with van der Waals surface area (Å²) >= 11 is 0. The lowest BCUT2D eigenvalue weighted by Crippen LogP contribution is -2.67. The lowest BCUT2D eigenvalue weighted by atomic mass is 9.36. The normalized spacial score (nSPS) is 50.9. The van der Waals surface area contributed by atoms with Crippen LogP contribution in [-0.2, 0) is 14.2 Å². The van der Waals surface area contributed by atoms with Crippen molar-refractivity contribution in [3.05, 3.63) is 11.6 Å². The van der Waals surface area contributed by atoms with Gasteiger partial charge in [-0.1, -0.05) is 53.2 Å². The molecular formula is C34H58O3. The summed E-state index contributed by atoms with van der Waals surface area (Å²) in [4.78, 5) is 0. The van der Waals surface area contributed by atoms with Gasteiger partial charge in [0.25, 0.3) is 0 Å². The van der Waals surface area contributed by atoms with Gasteiger partial charge in [-0.05, 0) is 117 Å². The van der Waals surface area contributed by atoms with Gasteiger partial charge in [0.1, 0.15) is 0 Å². The van der Waals surface area contributed by atoms with E-state index in [4.69, 9.17) is 14.2 Å². The molecule has 5 aliphatic carbocycles. The van der Waals surface area contributed by atoms with Crippen molar-refractivity contribution in [3.63, 3.8) is 0 Å². The minimum atomic E-state index is -0.0451. The van der Waals surface area contributed by atoms with Gasteiger partial charge >= 0.3 is 0 Å². The number of ether oxygens (including phenoxy) is 3. The van der Waals surface area contributed by atoms with E-state index in [1.165, 1.54) is 51.4 Å². The van der Waals surface area contributed by atoms with E-state index in [2.05, 4.69) is 61.5 Å². The summed E-state index contributed by atoms with van der Waals surface area (Å²) in [7, 11) is 3.79. The van der Waals surface area contributed by atoms with E-state index in [1.54, 1.807) is 0 Å². The van der Waals surface area contributed by atoms with Gasteiger partial charge in [-0.2, -0.15) is 0 Å². The van der Waals surface area contributed by atoms with Crippen LogP contribution >= 0.6 is 0 Å². The maximum atomic E-state index is 6.39. The molecule has 4 saturated carbocycles. The Balaban J connectivity index is 1.53. The third kappa shape index (κ3) is 4.22. The average molecular weight is 515 g/mol. The number of hydrogen-bond donors (Lipinski definition) is 0. The molecule has 0 aromatic rings. The second-order valence-corrected chi connectivity index (χ2v) is 16.3. The third-order valence-corrected chi connectivity index (χ3v) is 13.2. The monoisotopic (exact) mass is 514 g/mol. The van der Waals surface area contributed by atoms with Crippen LogP contribution in [0.1, 0.15) is 113 Å². The first kappa shape index (κ1) is 28.2. The molecule has 0 aliphatic heterocycles. The first-order valence-electron chi connectivity index (χ1n) is 15.6. The largest absolute Gasteiger partial charge is 0.379 e. The van der Waals surface area contributed by atoms with Gasteiger partial charge in [-0.3, -0.25) is 0 Å². The van der Waals surface area contributed by atoms with E-state index >= 15 is 0 Å². The Hall–Kier alpha value is -0.380. The summed E-state index contributed by atoms with van der Waals surface area (Å²) in [5.41, 5.74) is 3.45. The molecule has 5 rings (SSSR count). The third-order valence-electron chi connectivity index (χ3n) is 13.2. The molecule has 0 spiro atoms. The molecule has 0 aromatic heterocycles. The van der Waals surface area contributed by atoms with E-state index in [-0.39, 0.29) is 29.1 Å². The second kappa shape index (κ2) is 9.34. The van der Waals surface area contributed by atoms with Crippen LogP contribution in [0.2, 0.25) is 0 Å². The predicted molar refractivity (Wildman–Crippen MR) is 152 cm³/mol. The number of allylic oxidation sites excluding steroid dienone is 2. The molecule has 0 aromatic carbocycles. The molecule has 0 heterocycles. The fraction of sp³-hybridized carbons (Fsp3) is 0.941. The van der Waals surface area contributed by atoms with Crippen molar-refractivity contribution in [2.45, 2.75) is 131 Å². The van der Waals surface area contributed by atoms with Gasteiger partial charge in [0.15, 0.2) is 0 Å². The molecule has 212 valence electrons. The number of methoxy groups -OCH3 is 2. The summed E-state index contributed by atoms with van der Waals surface area (Å²) in [6.45, 7) is 20.6. The minimum absolute atomic E-state index is 0.0451. The van der Waals surface area contributed by atoms with E-state index in [0.717, 1.165) is 24.9 Å². The van der Waals surface area contributed by atoms with Crippen LogP contribution < -0.4 is 0 Å². The highest BCUT2D eigenvalue weighted by Gasteiger charge is 2.67. The zero-order chi connectivity index (χ0) is 27.0. The van der Waals surface area contributed by atoms with Gasteiger partial charge in [-0.25, -0.2) is 0 Å². The Labute approximate surface area is 228 Å². The Morgan fingerprint density at radius 1 is 0.811 bits per heavy atom. The molecular weight excluding hydrogens is 456 g/mol. The Bertz CT molecular complexity index is 891. The van der Waals surface area contributed by atoms with Crippen LogP contribution in [0.15, 0.2) is 11.6 Å². The van der Waals surface area contributed by atoms with Gasteiger partial charge < -0.3 is 14.2 Å². The molecule has 10 unspecified atom stereocenters. The summed E-state index contributed by atoms with van der Waals surface area (Å²) in [6.07, 6.45) is 15.2. The van der Waals surface area contributed by atoms with Gasteiger partial charge in [0, 0.05) is 19.6 Å². The number of fused-ring (bicyclic) bond motifs is 7. The maximum Gasteiger partial charge on any atom is 0.0911 e. The standard InChI is InChI=1S/C34H58O3/c1-22(2)37-21-34(8)28-14-16-32(6)24-13-15-31(5)18-17-30(3,4)19-25(31)23(24)11-12-27(32)33(28,7)20-26(35-9)29(34)36-10/h11,22,24-29H,12-21H2,1-10H3. The zero-order valence-electron chi connectivity index (χ0n) is 25.9. The molecule has 37 heavy (non-hydrogen) atoms. The van der Waals surface area contributed by atoms with Crippen molar-refractivity contribution < 1.29 is 14.2 Å². The lowest BCUT2D eigenvalue weighted by Gasteiger charge is -2.69. The molecule has 3 heteroatoms. The summed E-state index contributed by atoms with van der Waals surface area (Å²) < 4.78 is 18.9. The number of rotatable bonds is 5.